The maximum atomic E-state index is 13.8. The van der Waals surface area contributed by atoms with Crippen molar-refractivity contribution in [2.75, 3.05) is 20.3 Å². The summed E-state index contributed by atoms with van der Waals surface area (Å²) >= 11 is 0. The van der Waals surface area contributed by atoms with Gasteiger partial charge in [0.2, 0.25) is 0 Å². The van der Waals surface area contributed by atoms with Crippen molar-refractivity contribution < 1.29 is 18.7 Å². The second-order valence-electron chi connectivity index (χ2n) is 7.61. The third kappa shape index (κ3) is 10.8. The van der Waals surface area contributed by atoms with E-state index in [1.807, 2.05) is 0 Å². The average molecular weight is 395 g/mol. The van der Waals surface area contributed by atoms with Crippen molar-refractivity contribution in [2.45, 2.75) is 90.4 Å². The highest BCUT2D eigenvalue weighted by Crippen LogP contribution is 2.41. The standard InChI is InChI=1S/C17H23FO3.C7H16/c1-20-10-4-2-3-5-11-21-17(19)14-8-9-15(13-6-7-13)16(18)12-14;1-3-5-7-6-4-2/h8-9,12-13H,2-7,10-11H2,1H3;3-7H2,1-2H3. The van der Waals surface area contributed by atoms with E-state index in [0.717, 1.165) is 50.7 Å². The molecule has 1 aliphatic carbocycles. The van der Waals surface area contributed by atoms with Crippen molar-refractivity contribution in [1.29, 1.82) is 0 Å². The lowest BCUT2D eigenvalue weighted by molar-refractivity contribution is 0.0496. The van der Waals surface area contributed by atoms with Crippen LogP contribution in [0.4, 0.5) is 4.39 Å². The molecule has 3 nitrogen and oxygen atoms in total. The summed E-state index contributed by atoms with van der Waals surface area (Å²) in [6.45, 7) is 5.65. The molecule has 2 rings (SSSR count). The van der Waals surface area contributed by atoms with Gasteiger partial charge in [0, 0.05) is 13.7 Å². The monoisotopic (exact) mass is 394 g/mol. The van der Waals surface area contributed by atoms with E-state index in [4.69, 9.17) is 9.47 Å². The fourth-order valence-corrected chi connectivity index (χ4v) is 3.01. The molecule has 1 aromatic rings. The molecule has 0 saturated heterocycles. The quantitative estimate of drug-likeness (QED) is 0.266. The number of hydrogen-bond donors (Lipinski definition) is 0. The van der Waals surface area contributed by atoms with Crippen LogP contribution in [0.2, 0.25) is 0 Å². The van der Waals surface area contributed by atoms with E-state index in [1.165, 1.54) is 38.2 Å². The van der Waals surface area contributed by atoms with Crippen molar-refractivity contribution >= 4 is 5.97 Å². The molecule has 0 N–H and O–H groups in total. The zero-order valence-corrected chi connectivity index (χ0v) is 18.1. The average Bonchev–Trinajstić information content (AvgIpc) is 3.53. The maximum absolute atomic E-state index is 13.8. The topological polar surface area (TPSA) is 35.5 Å². The molecular weight excluding hydrogens is 355 g/mol. The first kappa shape index (κ1) is 24.6. The van der Waals surface area contributed by atoms with E-state index in [2.05, 4.69) is 13.8 Å². The van der Waals surface area contributed by atoms with Crippen LogP contribution in [0.15, 0.2) is 18.2 Å². The summed E-state index contributed by atoms with van der Waals surface area (Å²) in [7, 11) is 1.69. The Hall–Kier alpha value is -1.42. The minimum absolute atomic E-state index is 0.286. The molecule has 0 aliphatic heterocycles. The molecule has 0 unspecified atom stereocenters. The van der Waals surface area contributed by atoms with Gasteiger partial charge >= 0.3 is 5.97 Å². The summed E-state index contributed by atoms with van der Waals surface area (Å²) in [5, 5.41) is 0. The summed E-state index contributed by atoms with van der Waals surface area (Å²) in [4.78, 5) is 11.8. The molecule has 1 aliphatic rings. The van der Waals surface area contributed by atoms with Crippen molar-refractivity contribution in [2.24, 2.45) is 0 Å². The number of hydrogen-bond acceptors (Lipinski definition) is 3. The van der Waals surface area contributed by atoms with Crippen LogP contribution < -0.4 is 0 Å². The minimum atomic E-state index is -0.437. The Morgan fingerprint density at radius 1 is 0.964 bits per heavy atom. The van der Waals surface area contributed by atoms with Crippen LogP contribution in [0.25, 0.3) is 0 Å². The number of halogens is 1. The smallest absolute Gasteiger partial charge is 0.338 e. The molecule has 0 atom stereocenters. The fraction of sp³-hybridized carbons (Fsp3) is 0.708. The molecular formula is C24H39FO3. The Balaban J connectivity index is 0.000000480. The molecule has 0 spiro atoms. The molecule has 28 heavy (non-hydrogen) atoms. The third-order valence-electron chi connectivity index (χ3n) is 4.94. The van der Waals surface area contributed by atoms with Crippen LogP contribution in [0, 0.1) is 5.82 Å². The Morgan fingerprint density at radius 2 is 1.57 bits per heavy atom. The summed E-state index contributed by atoms with van der Waals surface area (Å²) in [6, 6.07) is 4.68. The molecule has 0 heterocycles. The Labute approximate surface area is 171 Å². The SMILES string of the molecule is CCCCCCC.COCCCCCCOC(=O)c1ccc(C2CC2)c(F)c1. The van der Waals surface area contributed by atoms with Gasteiger partial charge in [0.15, 0.2) is 0 Å². The van der Waals surface area contributed by atoms with Gasteiger partial charge in [0.05, 0.1) is 12.2 Å². The second-order valence-corrected chi connectivity index (χ2v) is 7.61. The first-order valence-corrected chi connectivity index (χ1v) is 11.1. The van der Waals surface area contributed by atoms with E-state index in [1.54, 1.807) is 19.2 Å². The van der Waals surface area contributed by atoms with Gasteiger partial charge in [-0.2, -0.15) is 0 Å². The van der Waals surface area contributed by atoms with Gasteiger partial charge < -0.3 is 9.47 Å². The number of ether oxygens (including phenoxy) is 2. The molecule has 4 heteroatoms. The van der Waals surface area contributed by atoms with E-state index in [9.17, 15) is 9.18 Å². The van der Waals surface area contributed by atoms with Crippen molar-refractivity contribution in [3.8, 4) is 0 Å². The number of rotatable bonds is 13. The largest absolute Gasteiger partial charge is 0.462 e. The van der Waals surface area contributed by atoms with Crippen molar-refractivity contribution in [3.05, 3.63) is 35.1 Å². The normalized spacial score (nSPS) is 13.0. The van der Waals surface area contributed by atoms with Crippen LogP contribution in [0.3, 0.4) is 0 Å². The number of unbranched alkanes of at least 4 members (excludes halogenated alkanes) is 7. The van der Waals surface area contributed by atoms with E-state index < -0.39 is 5.97 Å². The van der Waals surface area contributed by atoms with Gasteiger partial charge in [-0.15, -0.1) is 0 Å². The van der Waals surface area contributed by atoms with Crippen LogP contribution in [0.1, 0.15) is 106 Å². The molecule has 1 saturated carbocycles. The zero-order chi connectivity index (χ0) is 20.6. The Kier molecular flexibility index (Phi) is 13.6. The lowest BCUT2D eigenvalue weighted by Crippen LogP contribution is -2.07. The number of carbonyl (C=O) groups excluding carboxylic acids is 1. The van der Waals surface area contributed by atoms with E-state index >= 15 is 0 Å². The van der Waals surface area contributed by atoms with Gasteiger partial charge in [-0.25, -0.2) is 9.18 Å². The predicted octanol–water partition coefficient (Wildman–Crippen LogP) is 7.04. The summed E-state index contributed by atoms with van der Waals surface area (Å²) in [5.41, 5.74) is 1.03. The van der Waals surface area contributed by atoms with Gasteiger partial charge in [-0.05, 0) is 55.7 Å². The van der Waals surface area contributed by atoms with Crippen LogP contribution in [0.5, 0.6) is 0 Å². The van der Waals surface area contributed by atoms with Gasteiger partial charge in [-0.1, -0.05) is 58.4 Å². The summed E-state index contributed by atoms with van der Waals surface area (Å²) < 4.78 is 24.0. The van der Waals surface area contributed by atoms with E-state index in [0.29, 0.717) is 18.1 Å². The number of benzene rings is 1. The lowest BCUT2D eigenvalue weighted by atomic mass is 10.1. The van der Waals surface area contributed by atoms with Crippen molar-refractivity contribution in [3.63, 3.8) is 0 Å². The molecule has 1 aromatic carbocycles. The third-order valence-corrected chi connectivity index (χ3v) is 4.94. The molecule has 0 aromatic heterocycles. The van der Waals surface area contributed by atoms with Crippen molar-refractivity contribution in [1.82, 2.24) is 0 Å². The molecule has 0 radical (unpaired) electrons. The van der Waals surface area contributed by atoms with Crippen LogP contribution in [-0.4, -0.2) is 26.3 Å². The number of methoxy groups -OCH3 is 1. The number of carbonyl (C=O) groups is 1. The first-order chi connectivity index (χ1) is 13.6. The number of esters is 1. The van der Waals surface area contributed by atoms with Gasteiger partial charge in [-0.3, -0.25) is 0 Å². The highest BCUT2D eigenvalue weighted by Gasteiger charge is 2.26. The van der Waals surface area contributed by atoms with Gasteiger partial charge in [0.25, 0.3) is 0 Å². The molecule has 160 valence electrons. The minimum Gasteiger partial charge on any atom is -0.462 e. The predicted molar refractivity (Wildman–Crippen MR) is 113 cm³/mol. The molecule has 0 bridgehead atoms. The first-order valence-electron chi connectivity index (χ1n) is 11.1. The van der Waals surface area contributed by atoms with E-state index in [-0.39, 0.29) is 5.82 Å². The Bertz CT molecular complexity index is 537. The molecule has 1 fully saturated rings. The fourth-order valence-electron chi connectivity index (χ4n) is 3.01. The van der Waals surface area contributed by atoms with Crippen LogP contribution in [-0.2, 0) is 9.47 Å². The summed E-state index contributed by atoms with van der Waals surface area (Å²) in [5.74, 6) is -0.373. The maximum Gasteiger partial charge on any atom is 0.338 e. The zero-order valence-electron chi connectivity index (χ0n) is 18.1. The lowest BCUT2D eigenvalue weighted by Gasteiger charge is -2.07. The highest BCUT2D eigenvalue weighted by atomic mass is 19.1. The highest BCUT2D eigenvalue weighted by molar-refractivity contribution is 5.89. The Morgan fingerprint density at radius 3 is 2.11 bits per heavy atom. The summed E-state index contributed by atoms with van der Waals surface area (Å²) in [6.07, 6.45) is 13.0. The van der Waals surface area contributed by atoms with Gasteiger partial charge in [0.1, 0.15) is 5.82 Å². The molecule has 0 amide bonds. The van der Waals surface area contributed by atoms with Crippen LogP contribution >= 0.6 is 0 Å². The second kappa shape index (κ2) is 15.5.